The van der Waals surface area contributed by atoms with Gasteiger partial charge in [-0.1, -0.05) is 13.8 Å². The predicted octanol–water partition coefficient (Wildman–Crippen LogP) is 0.176. The molecule has 0 aromatic carbocycles. The SMILES string of the molecule is CC(C)C(=O)OCCC(CO)CO. The maximum Gasteiger partial charge on any atom is 0.308 e. The van der Waals surface area contributed by atoms with Gasteiger partial charge in [0.1, 0.15) is 0 Å². The van der Waals surface area contributed by atoms with Gasteiger partial charge >= 0.3 is 5.97 Å². The molecule has 2 N–H and O–H groups in total. The fourth-order valence-corrected chi connectivity index (χ4v) is 0.733. The molecule has 78 valence electrons. The van der Waals surface area contributed by atoms with Gasteiger partial charge in [0, 0.05) is 19.1 Å². The number of hydrogen-bond acceptors (Lipinski definition) is 4. The van der Waals surface area contributed by atoms with Gasteiger partial charge in [0.2, 0.25) is 0 Å². The Bertz CT molecular complexity index is 141. The van der Waals surface area contributed by atoms with Crippen molar-refractivity contribution in [3.8, 4) is 0 Å². The molecule has 0 fully saturated rings. The summed E-state index contributed by atoms with van der Waals surface area (Å²) in [5, 5.41) is 17.4. The zero-order valence-electron chi connectivity index (χ0n) is 8.19. The van der Waals surface area contributed by atoms with Crippen LogP contribution in [0, 0.1) is 11.8 Å². The zero-order chi connectivity index (χ0) is 10.3. The molecule has 0 radical (unpaired) electrons. The molecule has 0 aliphatic rings. The highest BCUT2D eigenvalue weighted by atomic mass is 16.5. The van der Waals surface area contributed by atoms with E-state index in [2.05, 4.69) is 0 Å². The van der Waals surface area contributed by atoms with Gasteiger partial charge in [0.15, 0.2) is 0 Å². The summed E-state index contributed by atoms with van der Waals surface area (Å²) < 4.78 is 4.88. The van der Waals surface area contributed by atoms with Crippen LogP contribution < -0.4 is 0 Å². The molecule has 0 aromatic heterocycles. The molecule has 4 nitrogen and oxygen atoms in total. The average Bonchev–Trinajstić information content (AvgIpc) is 2.12. The van der Waals surface area contributed by atoms with Crippen molar-refractivity contribution in [1.29, 1.82) is 0 Å². The molecule has 4 heteroatoms. The summed E-state index contributed by atoms with van der Waals surface area (Å²) in [5.41, 5.74) is 0. The summed E-state index contributed by atoms with van der Waals surface area (Å²) in [6.07, 6.45) is 0.505. The lowest BCUT2D eigenvalue weighted by molar-refractivity contribution is -0.147. The largest absolute Gasteiger partial charge is 0.465 e. The van der Waals surface area contributed by atoms with E-state index in [1.54, 1.807) is 13.8 Å². The number of esters is 1. The maximum absolute atomic E-state index is 11.0. The third-order valence-corrected chi connectivity index (χ3v) is 1.76. The van der Waals surface area contributed by atoms with Crippen molar-refractivity contribution in [2.75, 3.05) is 19.8 Å². The highest BCUT2D eigenvalue weighted by Crippen LogP contribution is 2.03. The second-order valence-corrected chi connectivity index (χ2v) is 3.34. The molecule has 0 saturated carbocycles. The molecule has 13 heavy (non-hydrogen) atoms. The Morgan fingerprint density at radius 1 is 1.31 bits per heavy atom. The smallest absolute Gasteiger partial charge is 0.308 e. The van der Waals surface area contributed by atoms with Crippen molar-refractivity contribution >= 4 is 5.97 Å². The van der Waals surface area contributed by atoms with E-state index in [4.69, 9.17) is 14.9 Å². The van der Waals surface area contributed by atoms with Gasteiger partial charge in [-0.2, -0.15) is 0 Å². The highest BCUT2D eigenvalue weighted by molar-refractivity contribution is 5.71. The van der Waals surface area contributed by atoms with Gasteiger partial charge in [-0.15, -0.1) is 0 Å². The van der Waals surface area contributed by atoms with E-state index in [-0.39, 0.29) is 37.6 Å². The first-order chi connectivity index (χ1) is 6.11. The van der Waals surface area contributed by atoms with E-state index in [0.717, 1.165) is 0 Å². The molecular weight excluding hydrogens is 172 g/mol. The van der Waals surface area contributed by atoms with Crippen LogP contribution in [-0.4, -0.2) is 36.0 Å². The summed E-state index contributed by atoms with van der Waals surface area (Å²) >= 11 is 0. The second-order valence-electron chi connectivity index (χ2n) is 3.34. The predicted molar refractivity (Wildman–Crippen MR) is 48.1 cm³/mol. The van der Waals surface area contributed by atoms with Crippen molar-refractivity contribution in [3.05, 3.63) is 0 Å². The van der Waals surface area contributed by atoms with E-state index in [1.807, 2.05) is 0 Å². The number of aliphatic hydroxyl groups is 2. The van der Waals surface area contributed by atoms with Crippen LogP contribution in [0.3, 0.4) is 0 Å². The minimum Gasteiger partial charge on any atom is -0.465 e. The Morgan fingerprint density at radius 3 is 2.23 bits per heavy atom. The number of hydrogen-bond donors (Lipinski definition) is 2. The summed E-state index contributed by atoms with van der Waals surface area (Å²) in [5.74, 6) is -0.545. The third-order valence-electron chi connectivity index (χ3n) is 1.76. The molecule has 0 aromatic rings. The normalized spacial score (nSPS) is 10.9. The number of aliphatic hydroxyl groups excluding tert-OH is 2. The maximum atomic E-state index is 11.0. The number of carbonyl (C=O) groups is 1. The monoisotopic (exact) mass is 190 g/mol. The summed E-state index contributed by atoms with van der Waals surface area (Å²) in [7, 11) is 0. The van der Waals surface area contributed by atoms with Crippen molar-refractivity contribution in [3.63, 3.8) is 0 Å². The summed E-state index contributed by atoms with van der Waals surface area (Å²) in [4.78, 5) is 11.0. The second kappa shape index (κ2) is 6.86. The average molecular weight is 190 g/mol. The molecule has 0 unspecified atom stereocenters. The zero-order valence-corrected chi connectivity index (χ0v) is 8.19. The third kappa shape index (κ3) is 5.60. The first kappa shape index (κ1) is 12.4. The minimum atomic E-state index is -0.241. The molecule has 0 amide bonds. The van der Waals surface area contributed by atoms with Crippen molar-refractivity contribution in [1.82, 2.24) is 0 Å². The molecule has 0 saturated heterocycles. The van der Waals surface area contributed by atoms with Gasteiger partial charge in [-0.3, -0.25) is 4.79 Å². The van der Waals surface area contributed by atoms with Gasteiger partial charge < -0.3 is 14.9 Å². The van der Waals surface area contributed by atoms with Gasteiger partial charge in [-0.25, -0.2) is 0 Å². The lowest BCUT2D eigenvalue weighted by Gasteiger charge is -2.11. The fourth-order valence-electron chi connectivity index (χ4n) is 0.733. The van der Waals surface area contributed by atoms with E-state index < -0.39 is 0 Å². The lowest BCUT2D eigenvalue weighted by atomic mass is 10.1. The Kier molecular flexibility index (Phi) is 6.54. The summed E-state index contributed by atoms with van der Waals surface area (Å²) in [6.45, 7) is 3.64. The molecule has 0 spiro atoms. The van der Waals surface area contributed by atoms with Crippen LogP contribution in [0.1, 0.15) is 20.3 Å². The Hall–Kier alpha value is -0.610. The fraction of sp³-hybridized carbons (Fsp3) is 0.889. The Morgan fingerprint density at radius 2 is 1.85 bits per heavy atom. The van der Waals surface area contributed by atoms with Crippen LogP contribution in [0.5, 0.6) is 0 Å². The molecule has 0 heterocycles. The minimum absolute atomic E-state index is 0.0737. The van der Waals surface area contributed by atoms with Gasteiger partial charge in [0.05, 0.1) is 12.5 Å². The van der Waals surface area contributed by atoms with Crippen molar-refractivity contribution < 1.29 is 19.7 Å². The first-order valence-corrected chi connectivity index (χ1v) is 4.50. The quantitative estimate of drug-likeness (QED) is 0.586. The van der Waals surface area contributed by atoms with Gasteiger partial charge in [0.25, 0.3) is 0 Å². The Labute approximate surface area is 78.5 Å². The number of carbonyl (C=O) groups excluding carboxylic acids is 1. The molecule has 0 atom stereocenters. The van der Waals surface area contributed by atoms with E-state index in [9.17, 15) is 4.79 Å². The molecule has 0 bridgehead atoms. The van der Waals surface area contributed by atoms with Crippen molar-refractivity contribution in [2.45, 2.75) is 20.3 Å². The topological polar surface area (TPSA) is 66.8 Å². The standard InChI is InChI=1S/C9H18O4/c1-7(2)9(12)13-4-3-8(5-10)6-11/h7-8,10-11H,3-6H2,1-2H3. The number of rotatable bonds is 6. The molecule has 0 aliphatic heterocycles. The van der Waals surface area contributed by atoms with E-state index in [0.29, 0.717) is 6.42 Å². The van der Waals surface area contributed by atoms with Crippen LogP contribution in [-0.2, 0) is 9.53 Å². The van der Waals surface area contributed by atoms with Crippen molar-refractivity contribution in [2.24, 2.45) is 11.8 Å². The van der Waals surface area contributed by atoms with E-state index in [1.165, 1.54) is 0 Å². The first-order valence-electron chi connectivity index (χ1n) is 4.50. The molecule has 0 rings (SSSR count). The molecular formula is C9H18O4. The van der Waals surface area contributed by atoms with Crippen LogP contribution in [0.4, 0.5) is 0 Å². The summed E-state index contributed by atoms with van der Waals surface area (Å²) in [6, 6.07) is 0. The van der Waals surface area contributed by atoms with Crippen LogP contribution in [0.15, 0.2) is 0 Å². The van der Waals surface area contributed by atoms with E-state index >= 15 is 0 Å². The van der Waals surface area contributed by atoms with Crippen LogP contribution >= 0.6 is 0 Å². The van der Waals surface area contributed by atoms with Crippen LogP contribution in [0.25, 0.3) is 0 Å². The van der Waals surface area contributed by atoms with Gasteiger partial charge in [-0.05, 0) is 6.42 Å². The number of ether oxygens (including phenoxy) is 1. The highest BCUT2D eigenvalue weighted by Gasteiger charge is 2.10. The molecule has 0 aliphatic carbocycles. The Balaban J connectivity index is 3.49. The lowest BCUT2D eigenvalue weighted by Crippen LogP contribution is -2.17. The van der Waals surface area contributed by atoms with Crippen LogP contribution in [0.2, 0.25) is 0 Å².